The van der Waals surface area contributed by atoms with E-state index in [0.717, 1.165) is 30.4 Å². The lowest BCUT2D eigenvalue weighted by atomic mass is 9.70. The Balaban J connectivity index is 2.20. The number of rotatable bonds is 1. The second-order valence-electron chi connectivity index (χ2n) is 4.90. The predicted molar refractivity (Wildman–Crippen MR) is 60.8 cm³/mol. The molecule has 14 heavy (non-hydrogen) atoms. The van der Waals surface area contributed by atoms with E-state index < -0.39 is 0 Å². The van der Waals surface area contributed by atoms with Gasteiger partial charge in [0.15, 0.2) is 0 Å². The molecular weight excluding hydrogens is 170 g/mol. The highest BCUT2D eigenvalue weighted by atomic mass is 14.4. The van der Waals surface area contributed by atoms with Crippen molar-refractivity contribution in [3.63, 3.8) is 0 Å². The minimum Gasteiger partial charge on any atom is -0.309 e. The maximum atomic E-state index is 7.74. The summed E-state index contributed by atoms with van der Waals surface area (Å²) in [5.74, 6) is 1.72. The maximum absolute atomic E-state index is 7.74. The monoisotopic (exact) mass is 191 g/mol. The van der Waals surface area contributed by atoms with E-state index >= 15 is 0 Å². The van der Waals surface area contributed by atoms with E-state index in [1.807, 2.05) is 0 Å². The van der Waals surface area contributed by atoms with Crippen LogP contribution in [0.5, 0.6) is 0 Å². The van der Waals surface area contributed by atoms with Gasteiger partial charge in [0.2, 0.25) is 0 Å². The first kappa shape index (κ1) is 9.95. The van der Waals surface area contributed by atoms with Gasteiger partial charge in [0.1, 0.15) is 0 Å². The van der Waals surface area contributed by atoms with Crippen LogP contribution in [0.4, 0.5) is 0 Å². The Bertz CT molecular complexity index is 275. The van der Waals surface area contributed by atoms with Crippen LogP contribution in [0.15, 0.2) is 11.1 Å². The van der Waals surface area contributed by atoms with Crippen LogP contribution in [0.3, 0.4) is 0 Å². The number of hydrogen-bond acceptors (Lipinski definition) is 1. The molecule has 0 spiro atoms. The van der Waals surface area contributed by atoms with Crippen molar-refractivity contribution >= 4 is 5.71 Å². The van der Waals surface area contributed by atoms with E-state index in [1.54, 1.807) is 11.1 Å². The molecule has 2 aliphatic rings. The summed E-state index contributed by atoms with van der Waals surface area (Å²) in [4.78, 5) is 0. The van der Waals surface area contributed by atoms with E-state index in [-0.39, 0.29) is 0 Å². The van der Waals surface area contributed by atoms with Gasteiger partial charge in [-0.05, 0) is 37.5 Å². The molecule has 2 unspecified atom stereocenters. The van der Waals surface area contributed by atoms with Crippen LogP contribution in [0.25, 0.3) is 0 Å². The molecule has 0 saturated heterocycles. The number of allylic oxidation sites excluding steroid dienone is 2. The maximum Gasteiger partial charge on any atom is 0.0133 e. The Labute approximate surface area is 87.1 Å². The van der Waals surface area contributed by atoms with Gasteiger partial charge in [0.25, 0.3) is 0 Å². The summed E-state index contributed by atoms with van der Waals surface area (Å²) in [5.41, 5.74) is 4.31. The second kappa shape index (κ2) is 3.88. The van der Waals surface area contributed by atoms with E-state index in [4.69, 9.17) is 5.41 Å². The fourth-order valence-corrected chi connectivity index (χ4v) is 3.17. The van der Waals surface area contributed by atoms with Gasteiger partial charge in [0, 0.05) is 12.1 Å². The van der Waals surface area contributed by atoms with E-state index in [1.165, 1.54) is 25.7 Å². The zero-order valence-electron chi connectivity index (χ0n) is 9.40. The highest BCUT2D eigenvalue weighted by Crippen LogP contribution is 2.41. The third kappa shape index (κ3) is 1.65. The zero-order valence-corrected chi connectivity index (χ0v) is 9.40. The predicted octanol–water partition coefficient (Wildman–Crippen LogP) is 3.94. The standard InChI is InChI=1S/C13H21N/c1-3-10-4-5-11-8-12(14)6-7-13(11)9(10)2/h9-10,14H,3-8H2,1-2H3. The summed E-state index contributed by atoms with van der Waals surface area (Å²) in [5, 5.41) is 7.74. The summed E-state index contributed by atoms with van der Waals surface area (Å²) in [6.45, 7) is 4.72. The molecule has 0 saturated carbocycles. The normalized spacial score (nSPS) is 33.1. The van der Waals surface area contributed by atoms with Crippen molar-refractivity contribution in [1.29, 1.82) is 5.41 Å². The molecule has 0 radical (unpaired) electrons. The van der Waals surface area contributed by atoms with Gasteiger partial charge in [-0.2, -0.15) is 0 Å². The first-order valence-electron chi connectivity index (χ1n) is 5.99. The molecule has 0 amide bonds. The Hall–Kier alpha value is -0.590. The Morgan fingerprint density at radius 3 is 2.79 bits per heavy atom. The van der Waals surface area contributed by atoms with Crippen LogP contribution in [0.2, 0.25) is 0 Å². The Kier molecular flexibility index (Phi) is 2.76. The van der Waals surface area contributed by atoms with Crippen molar-refractivity contribution in [2.45, 2.75) is 52.4 Å². The molecular formula is C13H21N. The van der Waals surface area contributed by atoms with Crippen molar-refractivity contribution in [3.8, 4) is 0 Å². The molecule has 78 valence electrons. The lowest BCUT2D eigenvalue weighted by Crippen LogP contribution is -2.24. The quantitative estimate of drug-likeness (QED) is 0.607. The SMILES string of the molecule is CCC1CCC2=C(CCC(=N)C2)C1C. The molecule has 0 heterocycles. The van der Waals surface area contributed by atoms with Gasteiger partial charge >= 0.3 is 0 Å². The van der Waals surface area contributed by atoms with Crippen LogP contribution in [0, 0.1) is 17.2 Å². The van der Waals surface area contributed by atoms with Crippen molar-refractivity contribution in [2.75, 3.05) is 0 Å². The first-order valence-corrected chi connectivity index (χ1v) is 5.99. The zero-order chi connectivity index (χ0) is 10.1. The minimum atomic E-state index is 0.803. The Morgan fingerprint density at radius 2 is 2.07 bits per heavy atom. The highest BCUT2D eigenvalue weighted by Gasteiger charge is 2.29. The van der Waals surface area contributed by atoms with Gasteiger partial charge < -0.3 is 5.41 Å². The first-order chi connectivity index (χ1) is 6.72. The fraction of sp³-hybridized carbons (Fsp3) is 0.769. The van der Waals surface area contributed by atoms with Gasteiger partial charge in [-0.15, -0.1) is 0 Å². The van der Waals surface area contributed by atoms with Crippen LogP contribution in [0.1, 0.15) is 52.4 Å². The molecule has 0 aliphatic heterocycles. The average Bonchev–Trinajstić information content (AvgIpc) is 2.18. The van der Waals surface area contributed by atoms with Crippen LogP contribution < -0.4 is 0 Å². The molecule has 0 aromatic rings. The lowest BCUT2D eigenvalue weighted by Gasteiger charge is -2.35. The van der Waals surface area contributed by atoms with Crippen LogP contribution in [-0.2, 0) is 0 Å². The molecule has 1 N–H and O–H groups in total. The summed E-state index contributed by atoms with van der Waals surface area (Å²) >= 11 is 0. The molecule has 1 nitrogen and oxygen atoms in total. The summed E-state index contributed by atoms with van der Waals surface area (Å²) in [6, 6.07) is 0. The molecule has 0 aromatic heterocycles. The van der Waals surface area contributed by atoms with Crippen molar-refractivity contribution in [3.05, 3.63) is 11.1 Å². The lowest BCUT2D eigenvalue weighted by molar-refractivity contribution is 0.331. The molecule has 2 aliphatic carbocycles. The van der Waals surface area contributed by atoms with Gasteiger partial charge in [-0.1, -0.05) is 31.4 Å². The molecule has 0 bridgehead atoms. The minimum absolute atomic E-state index is 0.803. The topological polar surface area (TPSA) is 23.9 Å². The second-order valence-corrected chi connectivity index (χ2v) is 4.90. The van der Waals surface area contributed by atoms with Crippen LogP contribution >= 0.6 is 0 Å². The fourth-order valence-electron chi connectivity index (χ4n) is 3.17. The molecule has 2 rings (SSSR count). The summed E-state index contributed by atoms with van der Waals surface area (Å²) in [6.07, 6.45) is 7.18. The van der Waals surface area contributed by atoms with Gasteiger partial charge in [0.05, 0.1) is 0 Å². The van der Waals surface area contributed by atoms with Crippen molar-refractivity contribution < 1.29 is 0 Å². The smallest absolute Gasteiger partial charge is 0.0133 e. The molecule has 2 atom stereocenters. The van der Waals surface area contributed by atoms with E-state index in [0.29, 0.717) is 0 Å². The third-order valence-electron chi connectivity index (χ3n) is 4.18. The van der Waals surface area contributed by atoms with E-state index in [2.05, 4.69) is 13.8 Å². The van der Waals surface area contributed by atoms with Crippen molar-refractivity contribution in [2.24, 2.45) is 11.8 Å². The Morgan fingerprint density at radius 1 is 1.29 bits per heavy atom. The van der Waals surface area contributed by atoms with Crippen LogP contribution in [-0.4, -0.2) is 5.71 Å². The molecule has 1 heteroatoms. The van der Waals surface area contributed by atoms with Gasteiger partial charge in [-0.3, -0.25) is 0 Å². The number of nitrogens with one attached hydrogen (secondary N) is 1. The number of hydrogen-bond donors (Lipinski definition) is 1. The largest absolute Gasteiger partial charge is 0.309 e. The highest BCUT2D eigenvalue weighted by molar-refractivity contribution is 5.85. The molecule has 0 fully saturated rings. The van der Waals surface area contributed by atoms with E-state index in [9.17, 15) is 0 Å². The summed E-state index contributed by atoms with van der Waals surface area (Å²) < 4.78 is 0. The summed E-state index contributed by atoms with van der Waals surface area (Å²) in [7, 11) is 0. The molecule has 0 aromatic carbocycles. The van der Waals surface area contributed by atoms with Crippen molar-refractivity contribution in [1.82, 2.24) is 0 Å². The average molecular weight is 191 g/mol. The third-order valence-corrected chi connectivity index (χ3v) is 4.18. The van der Waals surface area contributed by atoms with Gasteiger partial charge in [-0.25, -0.2) is 0 Å².